The van der Waals surface area contributed by atoms with Crippen molar-refractivity contribution in [3.8, 4) is 22.8 Å². The molecule has 1 aromatic heterocycles. The summed E-state index contributed by atoms with van der Waals surface area (Å²) in [6, 6.07) is 7.27. The Balaban J connectivity index is 1.39. The fraction of sp³-hybridized carbons (Fsp3) is 0.500. The van der Waals surface area contributed by atoms with Crippen LogP contribution < -0.4 is 9.47 Å². The molecule has 5 rings (SSSR count). The van der Waals surface area contributed by atoms with Gasteiger partial charge in [0.05, 0.1) is 6.61 Å². The SMILES string of the molecule is O=C(c1cc(-c2ccc3c(c2)OCCO3)on1)N1CCOC12CCCCC2. The molecule has 27 heavy (non-hydrogen) atoms. The van der Waals surface area contributed by atoms with Crippen molar-refractivity contribution in [3.05, 3.63) is 30.0 Å². The van der Waals surface area contributed by atoms with Gasteiger partial charge in [0.15, 0.2) is 23.0 Å². The molecule has 0 N–H and O–H groups in total. The van der Waals surface area contributed by atoms with Crippen molar-refractivity contribution in [3.63, 3.8) is 0 Å². The van der Waals surface area contributed by atoms with Gasteiger partial charge in [0.2, 0.25) is 0 Å². The number of amides is 1. The van der Waals surface area contributed by atoms with Gasteiger partial charge in [-0.2, -0.15) is 0 Å². The highest BCUT2D eigenvalue weighted by atomic mass is 16.6. The van der Waals surface area contributed by atoms with E-state index in [1.165, 1.54) is 6.42 Å². The standard InChI is InChI=1S/C20H22N2O5/c23-19(22-8-9-26-20(22)6-2-1-3-7-20)15-13-17(27-21-15)14-4-5-16-18(12-14)25-11-10-24-16/h4-5,12-13H,1-3,6-11H2. The van der Waals surface area contributed by atoms with Crippen LogP contribution in [0.2, 0.25) is 0 Å². The molecule has 7 nitrogen and oxygen atoms in total. The Labute approximate surface area is 157 Å². The quantitative estimate of drug-likeness (QED) is 0.808. The van der Waals surface area contributed by atoms with Gasteiger partial charge in [-0.3, -0.25) is 4.79 Å². The number of carbonyl (C=O) groups is 1. The molecular formula is C20H22N2O5. The van der Waals surface area contributed by atoms with Gasteiger partial charge in [0, 0.05) is 18.2 Å². The van der Waals surface area contributed by atoms with Crippen LogP contribution in [0.25, 0.3) is 11.3 Å². The van der Waals surface area contributed by atoms with E-state index >= 15 is 0 Å². The molecule has 1 spiro atoms. The maximum absolute atomic E-state index is 13.1. The number of benzene rings is 1. The van der Waals surface area contributed by atoms with E-state index in [0.29, 0.717) is 49.3 Å². The smallest absolute Gasteiger partial charge is 0.278 e. The first kappa shape index (κ1) is 16.6. The van der Waals surface area contributed by atoms with Crippen molar-refractivity contribution in [1.82, 2.24) is 10.1 Å². The van der Waals surface area contributed by atoms with Crippen molar-refractivity contribution in [1.29, 1.82) is 0 Å². The molecule has 1 aliphatic carbocycles. The fourth-order valence-electron chi connectivity index (χ4n) is 4.26. The number of hydrogen-bond acceptors (Lipinski definition) is 6. The van der Waals surface area contributed by atoms with Crippen molar-refractivity contribution in [2.24, 2.45) is 0 Å². The molecule has 0 radical (unpaired) electrons. The predicted molar refractivity (Wildman–Crippen MR) is 95.7 cm³/mol. The molecule has 1 saturated heterocycles. The van der Waals surface area contributed by atoms with Crippen molar-refractivity contribution in [2.45, 2.75) is 37.8 Å². The van der Waals surface area contributed by atoms with Gasteiger partial charge in [-0.05, 0) is 43.9 Å². The van der Waals surface area contributed by atoms with Gasteiger partial charge in [0.1, 0.15) is 18.9 Å². The number of carbonyl (C=O) groups excluding carboxylic acids is 1. The van der Waals surface area contributed by atoms with E-state index in [-0.39, 0.29) is 5.91 Å². The average molecular weight is 370 g/mol. The van der Waals surface area contributed by atoms with E-state index in [2.05, 4.69) is 5.16 Å². The van der Waals surface area contributed by atoms with Crippen LogP contribution in [-0.4, -0.2) is 48.1 Å². The molecule has 1 aromatic carbocycles. The van der Waals surface area contributed by atoms with Gasteiger partial charge in [-0.1, -0.05) is 11.6 Å². The summed E-state index contributed by atoms with van der Waals surface area (Å²) in [6.45, 7) is 2.25. The zero-order chi connectivity index (χ0) is 18.3. The zero-order valence-corrected chi connectivity index (χ0v) is 15.1. The predicted octanol–water partition coefficient (Wildman–Crippen LogP) is 3.25. The number of hydrogen-bond donors (Lipinski definition) is 0. The topological polar surface area (TPSA) is 74.0 Å². The van der Waals surface area contributed by atoms with Gasteiger partial charge in [0.25, 0.3) is 5.91 Å². The lowest BCUT2D eigenvalue weighted by Gasteiger charge is -2.39. The molecule has 0 unspecified atom stereocenters. The normalized spacial score (nSPS) is 20.8. The first-order valence-electron chi connectivity index (χ1n) is 9.58. The van der Waals surface area contributed by atoms with Gasteiger partial charge >= 0.3 is 0 Å². The summed E-state index contributed by atoms with van der Waals surface area (Å²) in [6.07, 6.45) is 5.17. The number of nitrogens with zero attached hydrogens (tertiary/aromatic N) is 2. The summed E-state index contributed by atoms with van der Waals surface area (Å²) in [5.41, 5.74) is 0.664. The minimum atomic E-state index is -0.453. The summed E-state index contributed by atoms with van der Waals surface area (Å²) in [4.78, 5) is 14.9. The summed E-state index contributed by atoms with van der Waals surface area (Å²) >= 11 is 0. The second-order valence-corrected chi connectivity index (χ2v) is 7.25. The van der Waals surface area contributed by atoms with E-state index in [1.807, 2.05) is 23.1 Å². The Morgan fingerprint density at radius 3 is 2.67 bits per heavy atom. The molecule has 2 aromatic rings. The van der Waals surface area contributed by atoms with Gasteiger partial charge in [-0.25, -0.2) is 0 Å². The number of fused-ring (bicyclic) bond motifs is 1. The second kappa shape index (κ2) is 6.56. The highest BCUT2D eigenvalue weighted by Gasteiger charge is 2.46. The Kier molecular flexibility index (Phi) is 4.04. The maximum Gasteiger partial charge on any atom is 0.278 e. The zero-order valence-electron chi connectivity index (χ0n) is 15.1. The lowest BCUT2D eigenvalue weighted by atomic mass is 9.90. The molecule has 1 saturated carbocycles. The number of ether oxygens (including phenoxy) is 3. The number of aromatic nitrogens is 1. The average Bonchev–Trinajstić information content (AvgIpc) is 3.36. The van der Waals surface area contributed by atoms with E-state index in [9.17, 15) is 4.79 Å². The Bertz CT molecular complexity index is 856. The molecule has 3 heterocycles. The summed E-state index contributed by atoms with van der Waals surface area (Å²) < 4.78 is 22.6. The van der Waals surface area contributed by atoms with Gasteiger partial charge in [-0.15, -0.1) is 0 Å². The third-order valence-electron chi connectivity index (χ3n) is 5.61. The molecule has 142 valence electrons. The van der Waals surface area contributed by atoms with Crippen LogP contribution >= 0.6 is 0 Å². The van der Waals surface area contributed by atoms with E-state index in [1.54, 1.807) is 6.07 Å². The van der Waals surface area contributed by atoms with Crippen molar-refractivity contribution < 1.29 is 23.5 Å². The molecule has 2 aliphatic heterocycles. The van der Waals surface area contributed by atoms with E-state index in [0.717, 1.165) is 31.2 Å². The second-order valence-electron chi connectivity index (χ2n) is 7.25. The summed E-state index contributed by atoms with van der Waals surface area (Å²) in [5.74, 6) is 1.81. The highest BCUT2D eigenvalue weighted by molar-refractivity contribution is 5.93. The van der Waals surface area contributed by atoms with Crippen molar-refractivity contribution in [2.75, 3.05) is 26.4 Å². The molecule has 3 aliphatic rings. The minimum absolute atomic E-state index is 0.123. The van der Waals surface area contributed by atoms with Crippen LogP contribution in [-0.2, 0) is 4.74 Å². The van der Waals surface area contributed by atoms with Crippen LogP contribution in [0.3, 0.4) is 0 Å². The Hall–Kier alpha value is -2.54. The van der Waals surface area contributed by atoms with Crippen LogP contribution in [0, 0.1) is 0 Å². The van der Waals surface area contributed by atoms with Crippen LogP contribution in [0.15, 0.2) is 28.8 Å². The fourth-order valence-corrected chi connectivity index (χ4v) is 4.26. The van der Waals surface area contributed by atoms with Crippen LogP contribution in [0.4, 0.5) is 0 Å². The minimum Gasteiger partial charge on any atom is -0.486 e. The van der Waals surface area contributed by atoms with Crippen molar-refractivity contribution >= 4 is 5.91 Å². The van der Waals surface area contributed by atoms with E-state index in [4.69, 9.17) is 18.7 Å². The largest absolute Gasteiger partial charge is 0.486 e. The highest BCUT2D eigenvalue weighted by Crippen LogP contribution is 2.39. The Morgan fingerprint density at radius 1 is 1.00 bits per heavy atom. The molecule has 0 atom stereocenters. The molecule has 7 heteroatoms. The summed E-state index contributed by atoms with van der Waals surface area (Å²) in [7, 11) is 0. The number of rotatable bonds is 2. The molecule has 0 bridgehead atoms. The lowest BCUT2D eigenvalue weighted by Crippen LogP contribution is -2.49. The van der Waals surface area contributed by atoms with Gasteiger partial charge < -0.3 is 23.6 Å². The summed E-state index contributed by atoms with van der Waals surface area (Å²) in [5, 5.41) is 4.03. The van der Waals surface area contributed by atoms with Crippen LogP contribution in [0.5, 0.6) is 11.5 Å². The Morgan fingerprint density at radius 2 is 1.81 bits per heavy atom. The first-order valence-corrected chi connectivity index (χ1v) is 9.58. The lowest BCUT2D eigenvalue weighted by molar-refractivity contribution is -0.0921. The first-order chi connectivity index (χ1) is 13.3. The van der Waals surface area contributed by atoms with E-state index < -0.39 is 5.72 Å². The van der Waals surface area contributed by atoms with Crippen LogP contribution in [0.1, 0.15) is 42.6 Å². The molecule has 2 fully saturated rings. The third kappa shape index (κ3) is 2.86. The molecule has 1 amide bonds. The molecular weight excluding hydrogens is 348 g/mol. The third-order valence-corrected chi connectivity index (χ3v) is 5.61. The monoisotopic (exact) mass is 370 g/mol. The maximum atomic E-state index is 13.1.